The first-order chi connectivity index (χ1) is 14.1. The molecule has 0 aliphatic carbocycles. The average Bonchev–Trinajstić information content (AvgIpc) is 3.19. The maximum atomic E-state index is 12.8. The molecule has 1 atom stereocenters. The zero-order valence-corrected chi connectivity index (χ0v) is 18.0. The number of nitrogens with one attached hydrogen (secondary N) is 1. The number of carbonyl (C=O) groups excluding carboxylic acids is 1. The molecule has 1 amide bonds. The summed E-state index contributed by atoms with van der Waals surface area (Å²) >= 11 is 13.6. The maximum absolute atomic E-state index is 12.8. The highest BCUT2D eigenvalue weighted by molar-refractivity contribution is 7.18. The Hall–Kier alpha value is -1.99. The fourth-order valence-corrected chi connectivity index (χ4v) is 4.54. The molecule has 2 aromatic carbocycles. The number of rotatable bonds is 5. The normalized spacial score (nSPS) is 17.2. The van der Waals surface area contributed by atoms with Crippen molar-refractivity contribution in [2.75, 3.05) is 18.4 Å². The fraction of sp³-hybridized carbons (Fsp3) is 0.286. The lowest BCUT2D eigenvalue weighted by Crippen LogP contribution is -2.40. The van der Waals surface area contributed by atoms with E-state index >= 15 is 0 Å². The van der Waals surface area contributed by atoms with Crippen LogP contribution in [0.2, 0.25) is 10.0 Å². The zero-order chi connectivity index (χ0) is 20.2. The minimum atomic E-state index is -0.0749. The Morgan fingerprint density at radius 3 is 2.72 bits per heavy atom. The molecule has 1 aromatic heterocycles. The SMILES string of the molecule is O=C(Nc1nnc(-c2ccc(Cl)cc2)s1)[C@@H]1CCCN(Cc2ccccc2Cl)C1. The Kier molecular flexibility index (Phi) is 6.45. The molecule has 0 spiro atoms. The van der Waals surface area contributed by atoms with Gasteiger partial charge >= 0.3 is 0 Å². The molecule has 0 saturated carbocycles. The Balaban J connectivity index is 1.37. The summed E-state index contributed by atoms with van der Waals surface area (Å²) in [5.41, 5.74) is 2.02. The van der Waals surface area contributed by atoms with Crippen LogP contribution in [0.4, 0.5) is 5.13 Å². The Morgan fingerprint density at radius 1 is 1.14 bits per heavy atom. The van der Waals surface area contributed by atoms with Gasteiger partial charge in [-0.1, -0.05) is 64.9 Å². The van der Waals surface area contributed by atoms with Gasteiger partial charge in [-0.15, -0.1) is 10.2 Å². The van der Waals surface area contributed by atoms with E-state index in [1.807, 2.05) is 48.5 Å². The minimum Gasteiger partial charge on any atom is -0.300 e. The standard InChI is InChI=1S/C21H20Cl2N4OS/c22-17-9-7-14(8-10-17)20-25-26-21(29-20)24-19(28)16-5-3-11-27(13-16)12-15-4-1-2-6-18(15)23/h1-2,4,6-10,16H,3,5,11-13H2,(H,24,26,28)/t16-/m1/s1. The molecule has 2 heterocycles. The van der Waals surface area contributed by atoms with Crippen LogP contribution in [-0.4, -0.2) is 34.1 Å². The molecule has 0 unspecified atom stereocenters. The van der Waals surface area contributed by atoms with Gasteiger partial charge in [0.2, 0.25) is 11.0 Å². The number of anilines is 1. The lowest BCUT2D eigenvalue weighted by Gasteiger charge is -2.32. The smallest absolute Gasteiger partial charge is 0.230 e. The van der Waals surface area contributed by atoms with Crippen LogP contribution in [0.15, 0.2) is 48.5 Å². The molecule has 1 N–H and O–H groups in total. The molecular formula is C21H20Cl2N4OS. The van der Waals surface area contributed by atoms with Gasteiger partial charge in [-0.3, -0.25) is 9.69 Å². The van der Waals surface area contributed by atoms with Crippen LogP contribution in [-0.2, 0) is 11.3 Å². The molecular weight excluding hydrogens is 427 g/mol. The predicted molar refractivity (Wildman–Crippen MR) is 118 cm³/mol. The number of benzene rings is 2. The second-order valence-corrected chi connectivity index (χ2v) is 8.90. The van der Waals surface area contributed by atoms with Crippen LogP contribution in [0.5, 0.6) is 0 Å². The highest BCUT2D eigenvalue weighted by Crippen LogP contribution is 2.28. The molecule has 3 aromatic rings. The van der Waals surface area contributed by atoms with Crippen molar-refractivity contribution in [3.05, 3.63) is 64.1 Å². The van der Waals surface area contributed by atoms with E-state index in [4.69, 9.17) is 23.2 Å². The number of halogens is 2. The summed E-state index contributed by atoms with van der Waals surface area (Å²) in [7, 11) is 0. The third-order valence-corrected chi connectivity index (χ3v) is 6.48. The number of hydrogen-bond donors (Lipinski definition) is 1. The van der Waals surface area contributed by atoms with E-state index < -0.39 is 0 Å². The monoisotopic (exact) mass is 446 g/mol. The van der Waals surface area contributed by atoms with Gasteiger partial charge in [0.05, 0.1) is 5.92 Å². The van der Waals surface area contributed by atoms with Crippen molar-refractivity contribution in [1.82, 2.24) is 15.1 Å². The number of amides is 1. The van der Waals surface area contributed by atoms with Gasteiger partial charge in [-0.05, 0) is 43.1 Å². The Labute approximate surface area is 183 Å². The van der Waals surface area contributed by atoms with E-state index in [0.29, 0.717) is 16.7 Å². The van der Waals surface area contributed by atoms with Crippen molar-refractivity contribution in [3.8, 4) is 10.6 Å². The topological polar surface area (TPSA) is 58.1 Å². The van der Waals surface area contributed by atoms with Crippen LogP contribution in [0.3, 0.4) is 0 Å². The molecule has 1 fully saturated rings. The molecule has 1 aliphatic heterocycles. The number of carbonyl (C=O) groups is 1. The van der Waals surface area contributed by atoms with Gasteiger partial charge in [0.15, 0.2) is 0 Å². The second kappa shape index (κ2) is 9.22. The van der Waals surface area contributed by atoms with Gasteiger partial charge in [0.25, 0.3) is 0 Å². The summed E-state index contributed by atoms with van der Waals surface area (Å²) in [6.07, 6.45) is 1.85. The van der Waals surface area contributed by atoms with Crippen molar-refractivity contribution < 1.29 is 4.79 Å². The van der Waals surface area contributed by atoms with E-state index in [0.717, 1.165) is 47.1 Å². The van der Waals surface area contributed by atoms with Gasteiger partial charge < -0.3 is 5.32 Å². The molecule has 29 heavy (non-hydrogen) atoms. The van der Waals surface area contributed by atoms with Gasteiger partial charge in [0, 0.05) is 28.7 Å². The average molecular weight is 447 g/mol. The number of aromatic nitrogens is 2. The van der Waals surface area contributed by atoms with Crippen LogP contribution >= 0.6 is 34.5 Å². The molecule has 0 bridgehead atoms. The van der Waals surface area contributed by atoms with Crippen LogP contribution in [0.1, 0.15) is 18.4 Å². The number of nitrogens with zero attached hydrogens (tertiary/aromatic N) is 3. The largest absolute Gasteiger partial charge is 0.300 e. The van der Waals surface area contributed by atoms with Crippen molar-refractivity contribution in [3.63, 3.8) is 0 Å². The molecule has 5 nitrogen and oxygen atoms in total. The summed E-state index contributed by atoms with van der Waals surface area (Å²) < 4.78 is 0. The molecule has 4 rings (SSSR count). The first kappa shape index (κ1) is 20.3. The van der Waals surface area contributed by atoms with Crippen molar-refractivity contribution in [2.45, 2.75) is 19.4 Å². The van der Waals surface area contributed by atoms with Gasteiger partial charge in [-0.25, -0.2) is 0 Å². The van der Waals surface area contributed by atoms with Crippen LogP contribution < -0.4 is 5.32 Å². The summed E-state index contributed by atoms with van der Waals surface area (Å²) in [5, 5.41) is 13.9. The summed E-state index contributed by atoms with van der Waals surface area (Å²) in [6, 6.07) is 15.3. The second-order valence-electron chi connectivity index (χ2n) is 7.07. The fourth-order valence-electron chi connectivity index (χ4n) is 3.47. The van der Waals surface area contributed by atoms with E-state index in [2.05, 4.69) is 20.4 Å². The minimum absolute atomic E-state index is 0.00679. The van der Waals surface area contributed by atoms with Gasteiger partial charge in [-0.2, -0.15) is 0 Å². The van der Waals surface area contributed by atoms with Crippen LogP contribution in [0, 0.1) is 5.92 Å². The first-order valence-electron chi connectivity index (χ1n) is 9.44. The molecule has 150 valence electrons. The third kappa shape index (κ3) is 5.14. The molecule has 1 saturated heterocycles. The van der Waals surface area contributed by atoms with E-state index in [-0.39, 0.29) is 11.8 Å². The lowest BCUT2D eigenvalue weighted by atomic mass is 9.97. The zero-order valence-electron chi connectivity index (χ0n) is 15.6. The van der Waals surface area contributed by atoms with Crippen LogP contribution in [0.25, 0.3) is 10.6 Å². The number of piperidine rings is 1. The number of likely N-dealkylation sites (tertiary alicyclic amines) is 1. The van der Waals surface area contributed by atoms with E-state index in [1.165, 1.54) is 11.3 Å². The summed E-state index contributed by atoms with van der Waals surface area (Å²) in [6.45, 7) is 2.43. The lowest BCUT2D eigenvalue weighted by molar-refractivity contribution is -0.121. The Morgan fingerprint density at radius 2 is 1.93 bits per heavy atom. The van der Waals surface area contributed by atoms with Crippen molar-refractivity contribution in [2.24, 2.45) is 5.92 Å². The van der Waals surface area contributed by atoms with Crippen molar-refractivity contribution >= 4 is 45.6 Å². The molecule has 1 aliphatic rings. The first-order valence-corrected chi connectivity index (χ1v) is 11.0. The van der Waals surface area contributed by atoms with Crippen molar-refractivity contribution in [1.29, 1.82) is 0 Å². The number of hydrogen-bond acceptors (Lipinski definition) is 5. The summed E-state index contributed by atoms with van der Waals surface area (Å²) in [4.78, 5) is 15.1. The predicted octanol–water partition coefficient (Wildman–Crippen LogP) is 5.36. The molecule has 0 radical (unpaired) electrons. The maximum Gasteiger partial charge on any atom is 0.230 e. The van der Waals surface area contributed by atoms with E-state index in [1.54, 1.807) is 0 Å². The highest BCUT2D eigenvalue weighted by atomic mass is 35.5. The van der Waals surface area contributed by atoms with Gasteiger partial charge in [0.1, 0.15) is 5.01 Å². The quantitative estimate of drug-likeness (QED) is 0.572. The Bertz CT molecular complexity index is 992. The summed E-state index contributed by atoms with van der Waals surface area (Å²) in [5.74, 6) is -0.0817. The molecule has 8 heteroatoms. The van der Waals surface area contributed by atoms with E-state index in [9.17, 15) is 4.79 Å². The highest BCUT2D eigenvalue weighted by Gasteiger charge is 2.27. The third-order valence-electron chi connectivity index (χ3n) is 4.97.